The monoisotopic (exact) mass is 499 g/mol. The molecule has 37 heavy (non-hydrogen) atoms. The Labute approximate surface area is 214 Å². The molecular formula is C28H29N5O4. The molecule has 9 heteroatoms. The number of amides is 1. The van der Waals surface area contributed by atoms with Gasteiger partial charge in [-0.05, 0) is 37.1 Å². The lowest BCUT2D eigenvalue weighted by Crippen LogP contribution is -2.40. The van der Waals surface area contributed by atoms with Crippen LogP contribution < -0.4 is 5.32 Å². The van der Waals surface area contributed by atoms with Crippen molar-refractivity contribution in [2.75, 3.05) is 5.32 Å². The van der Waals surface area contributed by atoms with Crippen LogP contribution in [-0.4, -0.2) is 43.6 Å². The largest absolute Gasteiger partial charge is 0.455 e. The summed E-state index contributed by atoms with van der Waals surface area (Å²) in [6, 6.07) is 17.9. The molecule has 1 aliphatic rings. The minimum atomic E-state index is -0.558. The number of fused-ring (bicyclic) bond motifs is 1. The third-order valence-electron chi connectivity index (χ3n) is 7.14. The van der Waals surface area contributed by atoms with Crippen LogP contribution in [0.1, 0.15) is 60.6 Å². The van der Waals surface area contributed by atoms with Crippen LogP contribution in [-0.2, 0) is 9.47 Å². The van der Waals surface area contributed by atoms with Crippen molar-refractivity contribution in [3.05, 3.63) is 84.4 Å². The molecule has 0 spiro atoms. The highest BCUT2D eigenvalue weighted by Crippen LogP contribution is 2.50. The van der Waals surface area contributed by atoms with E-state index in [0.717, 1.165) is 0 Å². The fraction of sp³-hybridized carbons (Fsp3) is 0.321. The Hall–Kier alpha value is -4.11. The van der Waals surface area contributed by atoms with E-state index < -0.39 is 17.7 Å². The first-order valence-corrected chi connectivity index (χ1v) is 12.4. The van der Waals surface area contributed by atoms with Crippen LogP contribution in [0.15, 0.2) is 73.3 Å². The first-order valence-electron chi connectivity index (χ1n) is 12.4. The van der Waals surface area contributed by atoms with Gasteiger partial charge in [0.2, 0.25) is 0 Å². The first kappa shape index (κ1) is 24.6. The van der Waals surface area contributed by atoms with E-state index in [4.69, 9.17) is 9.47 Å². The number of nitrogens with one attached hydrogen (secondary N) is 1. The van der Waals surface area contributed by atoms with Crippen LogP contribution in [0.5, 0.6) is 0 Å². The Morgan fingerprint density at radius 2 is 1.68 bits per heavy atom. The molecule has 2 aromatic carbocycles. The number of carbonyl (C=O) groups excluding carboxylic acids is 2. The number of ether oxygens (including phenoxy) is 2. The van der Waals surface area contributed by atoms with Gasteiger partial charge < -0.3 is 14.8 Å². The minimum absolute atomic E-state index is 0.287. The third-order valence-corrected chi connectivity index (χ3v) is 7.14. The Balaban J connectivity index is 1.46. The van der Waals surface area contributed by atoms with Gasteiger partial charge >= 0.3 is 5.97 Å². The normalized spacial score (nSPS) is 23.2. The Morgan fingerprint density at radius 1 is 1.00 bits per heavy atom. The molecule has 1 fully saturated rings. The zero-order valence-corrected chi connectivity index (χ0v) is 21.0. The predicted octanol–water partition coefficient (Wildman–Crippen LogP) is 5.03. The van der Waals surface area contributed by atoms with Crippen LogP contribution in [0.4, 0.5) is 5.82 Å². The summed E-state index contributed by atoms with van der Waals surface area (Å²) in [4.78, 5) is 39.0. The second-order valence-electron chi connectivity index (χ2n) is 9.35. The van der Waals surface area contributed by atoms with E-state index in [1.165, 1.54) is 6.33 Å². The molecular weight excluding hydrogens is 470 g/mol. The van der Waals surface area contributed by atoms with Gasteiger partial charge in [-0.3, -0.25) is 9.36 Å². The number of anilines is 1. The number of hydrogen-bond donors (Lipinski definition) is 1. The van der Waals surface area contributed by atoms with E-state index in [0.29, 0.717) is 41.0 Å². The molecule has 4 atom stereocenters. The second kappa shape index (κ2) is 10.1. The van der Waals surface area contributed by atoms with E-state index in [1.54, 1.807) is 42.7 Å². The van der Waals surface area contributed by atoms with E-state index in [9.17, 15) is 9.59 Å². The smallest absolute Gasteiger partial charge is 0.338 e. The molecule has 1 amide bonds. The highest BCUT2D eigenvalue weighted by atomic mass is 16.6. The number of carbonyl (C=O) groups is 2. The molecule has 0 radical (unpaired) electrons. The predicted molar refractivity (Wildman–Crippen MR) is 138 cm³/mol. The van der Waals surface area contributed by atoms with Crippen molar-refractivity contribution in [3.63, 3.8) is 0 Å². The molecule has 5 rings (SSSR count). The number of hydrogen-bond acceptors (Lipinski definition) is 7. The van der Waals surface area contributed by atoms with Gasteiger partial charge in [0.1, 0.15) is 18.7 Å². The number of rotatable bonds is 7. The van der Waals surface area contributed by atoms with E-state index in [-0.39, 0.29) is 18.0 Å². The molecule has 4 unspecified atom stereocenters. The summed E-state index contributed by atoms with van der Waals surface area (Å²) in [7, 11) is 0. The average molecular weight is 500 g/mol. The summed E-state index contributed by atoms with van der Waals surface area (Å²) >= 11 is 0. The van der Waals surface area contributed by atoms with E-state index >= 15 is 0 Å². The van der Waals surface area contributed by atoms with Crippen molar-refractivity contribution in [2.45, 2.75) is 52.0 Å². The molecule has 0 aliphatic carbocycles. The van der Waals surface area contributed by atoms with Gasteiger partial charge in [0, 0.05) is 5.56 Å². The number of esters is 1. The van der Waals surface area contributed by atoms with Crippen LogP contribution in [0.3, 0.4) is 0 Å². The maximum Gasteiger partial charge on any atom is 0.338 e. The summed E-state index contributed by atoms with van der Waals surface area (Å²) in [6.45, 7) is 6.12. The number of nitrogens with zero attached hydrogens (tertiary/aromatic N) is 4. The van der Waals surface area contributed by atoms with Crippen molar-refractivity contribution in [1.82, 2.24) is 19.5 Å². The molecule has 2 aromatic heterocycles. The van der Waals surface area contributed by atoms with Gasteiger partial charge in [-0.1, -0.05) is 57.2 Å². The van der Waals surface area contributed by atoms with Crippen molar-refractivity contribution in [1.29, 1.82) is 0 Å². The van der Waals surface area contributed by atoms with E-state index in [2.05, 4.69) is 34.1 Å². The highest BCUT2D eigenvalue weighted by Gasteiger charge is 2.55. The standard InChI is InChI=1S/C28H29N5O4/c1-4-20-22(37-26(35)19-14-10-7-11-15-19)28(3,5-2)27(36-20)33-17-31-21-23(29-16-30-24(21)33)32-25(34)18-12-8-6-9-13-18/h6-17,20,22,27H,4-5H2,1-3H3,(H,29,30,32,34). The van der Waals surface area contributed by atoms with Crippen LogP contribution in [0.2, 0.25) is 0 Å². The average Bonchev–Trinajstić information content (AvgIpc) is 3.49. The molecule has 4 aromatic rings. The van der Waals surface area contributed by atoms with Crippen LogP contribution in [0.25, 0.3) is 11.2 Å². The minimum Gasteiger partial charge on any atom is -0.455 e. The lowest BCUT2D eigenvalue weighted by atomic mass is 9.79. The van der Waals surface area contributed by atoms with Gasteiger partial charge in [-0.15, -0.1) is 0 Å². The van der Waals surface area contributed by atoms with Gasteiger partial charge in [-0.25, -0.2) is 19.7 Å². The van der Waals surface area contributed by atoms with Crippen LogP contribution in [0, 0.1) is 5.41 Å². The topological polar surface area (TPSA) is 108 Å². The fourth-order valence-corrected chi connectivity index (χ4v) is 4.88. The maximum absolute atomic E-state index is 13.0. The Kier molecular flexibility index (Phi) is 6.71. The van der Waals surface area contributed by atoms with Crippen LogP contribution >= 0.6 is 0 Å². The number of imidazole rings is 1. The molecule has 9 nitrogen and oxygen atoms in total. The van der Waals surface area contributed by atoms with Gasteiger partial charge in [-0.2, -0.15) is 0 Å². The molecule has 1 aliphatic heterocycles. The Bertz CT molecular complexity index is 1410. The first-order chi connectivity index (χ1) is 18.0. The molecule has 1 saturated heterocycles. The number of benzene rings is 2. The zero-order chi connectivity index (χ0) is 26.0. The number of aromatic nitrogens is 4. The van der Waals surface area contributed by atoms with Gasteiger partial charge in [0.15, 0.2) is 17.0 Å². The molecule has 0 bridgehead atoms. The molecule has 1 N–H and O–H groups in total. The molecule has 0 saturated carbocycles. The lowest BCUT2D eigenvalue weighted by Gasteiger charge is -2.34. The van der Waals surface area contributed by atoms with Crippen molar-refractivity contribution >= 4 is 28.9 Å². The SMILES string of the molecule is CCC1OC(n2cnc3c(NC(=O)c4ccccc4)ncnc32)C(C)(CC)C1OC(=O)c1ccccc1. The maximum atomic E-state index is 13.0. The van der Waals surface area contributed by atoms with Crippen molar-refractivity contribution < 1.29 is 19.1 Å². The van der Waals surface area contributed by atoms with Gasteiger partial charge in [0.05, 0.1) is 23.4 Å². The van der Waals surface area contributed by atoms with Crippen molar-refractivity contribution in [3.8, 4) is 0 Å². The summed E-state index contributed by atoms with van der Waals surface area (Å²) in [5.41, 5.74) is 1.43. The second-order valence-corrected chi connectivity index (χ2v) is 9.35. The summed E-state index contributed by atoms with van der Waals surface area (Å²) in [5.74, 6) is -0.353. The Morgan fingerprint density at radius 3 is 2.32 bits per heavy atom. The molecule has 3 heterocycles. The summed E-state index contributed by atoms with van der Waals surface area (Å²) in [6.07, 6.45) is 3.11. The third kappa shape index (κ3) is 4.46. The molecule has 190 valence electrons. The fourth-order valence-electron chi connectivity index (χ4n) is 4.88. The summed E-state index contributed by atoms with van der Waals surface area (Å²) in [5, 5.41) is 2.84. The van der Waals surface area contributed by atoms with E-state index in [1.807, 2.05) is 35.8 Å². The quantitative estimate of drug-likeness (QED) is 0.355. The lowest BCUT2D eigenvalue weighted by molar-refractivity contribution is -0.0352. The van der Waals surface area contributed by atoms with Gasteiger partial charge in [0.25, 0.3) is 5.91 Å². The zero-order valence-electron chi connectivity index (χ0n) is 21.0. The van der Waals surface area contributed by atoms with Crippen molar-refractivity contribution in [2.24, 2.45) is 5.41 Å². The summed E-state index contributed by atoms with van der Waals surface area (Å²) < 4.78 is 14.4. The highest BCUT2D eigenvalue weighted by molar-refractivity contribution is 6.06.